The Morgan fingerprint density at radius 1 is 0.235 bits per heavy atom. The maximum atomic E-state index is 11.1. The third-order valence-corrected chi connectivity index (χ3v) is 10.6. The molecule has 0 aliphatic rings. The number of phenolic OH excluding ortho intramolecular Hbond substituents is 5. The zero-order valence-corrected chi connectivity index (χ0v) is 27.0. The highest BCUT2D eigenvalue weighted by Gasteiger charge is 2.28. The summed E-state index contributed by atoms with van der Waals surface area (Å²) in [7, 11) is 0. The average Bonchev–Trinajstić information content (AvgIpc) is 3.18. The van der Waals surface area contributed by atoms with Crippen LogP contribution >= 0.6 is 0 Å². The van der Waals surface area contributed by atoms with Gasteiger partial charge in [-0.05, 0) is 86.9 Å². The van der Waals surface area contributed by atoms with Gasteiger partial charge in [-0.25, -0.2) is 0 Å². The number of hydrogen-bond donors (Lipinski definition) is 5. The van der Waals surface area contributed by atoms with Crippen molar-refractivity contribution in [3.05, 3.63) is 140 Å². The molecule has 0 aliphatic carbocycles. The van der Waals surface area contributed by atoms with Crippen LogP contribution < -0.4 is 0 Å². The molecule has 0 fully saturated rings. The van der Waals surface area contributed by atoms with E-state index in [4.69, 9.17) is 0 Å². The molecule has 0 radical (unpaired) electrons. The van der Waals surface area contributed by atoms with E-state index < -0.39 is 28.7 Å². The molecule has 5 nitrogen and oxygen atoms in total. The summed E-state index contributed by atoms with van der Waals surface area (Å²) in [6.07, 6.45) is 0. The van der Waals surface area contributed by atoms with Crippen molar-refractivity contribution >= 4 is 64.6 Å². The molecule has 0 saturated heterocycles. The first-order valence-electron chi connectivity index (χ1n) is 16.7. The summed E-state index contributed by atoms with van der Waals surface area (Å²) < 4.78 is 0. The largest absolute Gasteiger partial charge is 0.504 e. The van der Waals surface area contributed by atoms with E-state index in [1.165, 1.54) is 32.3 Å². The van der Waals surface area contributed by atoms with Crippen molar-refractivity contribution in [1.82, 2.24) is 0 Å². The van der Waals surface area contributed by atoms with E-state index in [1.54, 1.807) is 0 Å². The van der Waals surface area contributed by atoms with E-state index in [0.717, 1.165) is 43.8 Å². The highest BCUT2D eigenvalue weighted by Crippen LogP contribution is 2.58. The smallest absolute Gasteiger partial charge is 0.208 e. The number of phenols is 5. The highest BCUT2D eigenvalue weighted by molar-refractivity contribution is 6.28. The normalized spacial score (nSPS) is 11.9. The minimum Gasteiger partial charge on any atom is -0.504 e. The lowest BCUT2D eigenvalue weighted by Gasteiger charge is -2.21. The molecule has 51 heavy (non-hydrogen) atoms. The van der Waals surface area contributed by atoms with Gasteiger partial charge in [-0.15, -0.1) is 0 Å². The summed E-state index contributed by atoms with van der Waals surface area (Å²) >= 11 is 0. The van der Waals surface area contributed by atoms with Gasteiger partial charge in [-0.1, -0.05) is 140 Å². The second-order valence-electron chi connectivity index (χ2n) is 13.1. The summed E-state index contributed by atoms with van der Waals surface area (Å²) in [5, 5.41) is 66.1. The quantitative estimate of drug-likeness (QED) is 0.0562. The molecule has 5 N–H and O–H groups in total. The molecule has 5 heteroatoms. The molecule has 0 unspecified atom stereocenters. The third kappa shape index (κ3) is 3.91. The van der Waals surface area contributed by atoms with E-state index >= 15 is 0 Å². The summed E-state index contributed by atoms with van der Waals surface area (Å²) in [6, 6.07) is 48.0. The summed E-state index contributed by atoms with van der Waals surface area (Å²) in [5.74, 6) is -4.27. The molecule has 0 bridgehead atoms. The average molecular weight is 661 g/mol. The fourth-order valence-electron chi connectivity index (χ4n) is 8.33. The molecule has 0 atom stereocenters. The lowest BCUT2D eigenvalue weighted by Crippen LogP contribution is -1.94. The lowest BCUT2D eigenvalue weighted by atomic mass is 9.82. The number of benzene rings is 10. The minimum absolute atomic E-state index is 0.170. The molecule has 10 aromatic rings. The fraction of sp³-hybridized carbons (Fsp3) is 0. The van der Waals surface area contributed by atoms with Crippen molar-refractivity contribution in [3.8, 4) is 62.1 Å². The molecule has 242 valence electrons. The molecule has 0 heterocycles. The van der Waals surface area contributed by atoms with Crippen molar-refractivity contribution < 1.29 is 25.5 Å². The van der Waals surface area contributed by atoms with Gasteiger partial charge in [-0.3, -0.25) is 0 Å². The van der Waals surface area contributed by atoms with Gasteiger partial charge in [0, 0.05) is 5.56 Å². The first-order chi connectivity index (χ1) is 24.9. The Morgan fingerprint density at radius 2 is 0.627 bits per heavy atom. The van der Waals surface area contributed by atoms with E-state index in [1.807, 2.05) is 48.5 Å². The van der Waals surface area contributed by atoms with Crippen LogP contribution in [-0.2, 0) is 0 Å². The van der Waals surface area contributed by atoms with Gasteiger partial charge >= 0.3 is 0 Å². The van der Waals surface area contributed by atoms with Crippen molar-refractivity contribution in [3.63, 3.8) is 0 Å². The highest BCUT2D eigenvalue weighted by atomic mass is 16.4. The van der Waals surface area contributed by atoms with Gasteiger partial charge in [0.15, 0.2) is 11.5 Å². The molecule has 0 aromatic heterocycles. The second kappa shape index (κ2) is 10.5. The SMILES string of the molecule is Oc1c(O)c(O)c(-c2c3ccccc3c(-c3ccc(-c4ccc5ccc6cccc7ccc4c5c67)c4ccccc34)c3ccccc23)c(O)c1O. The van der Waals surface area contributed by atoms with Crippen molar-refractivity contribution in [1.29, 1.82) is 0 Å². The van der Waals surface area contributed by atoms with Crippen LogP contribution in [0.4, 0.5) is 0 Å². The standard InChI is InChI=1S/C46H28O5/c47-42-41(43(48)45(50)46(51)44(42)49)40-33-14-5-3-12-31(33)39(32-13-4-6-15-34(32)40)36-23-22-29(27-10-1-2-11-28(27)36)30-20-18-26-17-16-24-8-7-9-25-19-21-35(30)38(26)37(24)25/h1-23,47-51H. The van der Waals surface area contributed by atoms with Gasteiger partial charge in [0.25, 0.3) is 0 Å². The Hall–Kier alpha value is -6.98. The Balaban J connectivity index is 1.29. The lowest BCUT2D eigenvalue weighted by molar-refractivity contribution is 0.330. The van der Waals surface area contributed by atoms with Gasteiger partial charge in [0.1, 0.15) is 0 Å². The van der Waals surface area contributed by atoms with Crippen molar-refractivity contribution in [2.24, 2.45) is 0 Å². The predicted molar refractivity (Wildman–Crippen MR) is 207 cm³/mol. The Kier molecular flexibility index (Phi) is 5.97. The topological polar surface area (TPSA) is 101 Å². The summed E-state index contributed by atoms with van der Waals surface area (Å²) in [4.78, 5) is 0. The number of rotatable bonds is 3. The van der Waals surface area contributed by atoms with Gasteiger partial charge in [0.2, 0.25) is 17.2 Å². The van der Waals surface area contributed by atoms with Crippen molar-refractivity contribution in [2.45, 2.75) is 0 Å². The molecule has 0 spiro atoms. The minimum atomic E-state index is -0.991. The summed E-state index contributed by atoms with van der Waals surface area (Å²) in [6.45, 7) is 0. The van der Waals surface area contributed by atoms with Gasteiger partial charge in [0.05, 0.1) is 5.56 Å². The molecule has 10 rings (SSSR count). The third-order valence-electron chi connectivity index (χ3n) is 10.6. The van der Waals surface area contributed by atoms with E-state index in [9.17, 15) is 25.5 Å². The zero-order chi connectivity index (χ0) is 34.5. The zero-order valence-electron chi connectivity index (χ0n) is 27.0. The second-order valence-corrected chi connectivity index (χ2v) is 13.1. The van der Waals surface area contributed by atoms with Crippen LogP contribution in [0.5, 0.6) is 28.7 Å². The molecular formula is C46H28O5. The number of hydrogen-bond acceptors (Lipinski definition) is 5. The molecule has 10 aromatic carbocycles. The van der Waals surface area contributed by atoms with Crippen LogP contribution in [0.3, 0.4) is 0 Å². The van der Waals surface area contributed by atoms with Crippen LogP contribution in [0, 0.1) is 0 Å². The first-order valence-corrected chi connectivity index (χ1v) is 16.7. The van der Waals surface area contributed by atoms with Crippen LogP contribution in [0.15, 0.2) is 140 Å². The monoisotopic (exact) mass is 660 g/mol. The maximum absolute atomic E-state index is 11.1. The first kappa shape index (κ1) is 29.0. The molecule has 0 saturated carbocycles. The summed E-state index contributed by atoms with van der Waals surface area (Å²) in [5.41, 5.74) is 4.51. The number of aromatic hydroxyl groups is 5. The molecule has 0 aliphatic heterocycles. The number of fused-ring (bicyclic) bond motifs is 3. The van der Waals surface area contributed by atoms with E-state index in [0.29, 0.717) is 16.3 Å². The van der Waals surface area contributed by atoms with E-state index in [-0.39, 0.29) is 5.56 Å². The van der Waals surface area contributed by atoms with Crippen LogP contribution in [0.25, 0.3) is 98.0 Å². The van der Waals surface area contributed by atoms with Gasteiger partial charge in [-0.2, -0.15) is 0 Å². The predicted octanol–water partition coefficient (Wildman–Crippen LogP) is 11.6. The maximum Gasteiger partial charge on any atom is 0.208 e. The van der Waals surface area contributed by atoms with Crippen LogP contribution in [0.1, 0.15) is 0 Å². The van der Waals surface area contributed by atoms with Crippen LogP contribution in [-0.4, -0.2) is 25.5 Å². The molecule has 0 amide bonds. The fourth-order valence-corrected chi connectivity index (χ4v) is 8.33. The van der Waals surface area contributed by atoms with Crippen molar-refractivity contribution in [2.75, 3.05) is 0 Å². The van der Waals surface area contributed by atoms with E-state index in [2.05, 4.69) is 91.0 Å². The Morgan fingerprint density at radius 3 is 1.22 bits per heavy atom. The van der Waals surface area contributed by atoms with Gasteiger partial charge < -0.3 is 25.5 Å². The Labute approximate surface area is 291 Å². The van der Waals surface area contributed by atoms with Crippen LogP contribution in [0.2, 0.25) is 0 Å². The molecular weight excluding hydrogens is 633 g/mol. The Bertz CT molecular complexity index is 2990.